The van der Waals surface area contributed by atoms with Crippen LogP contribution in [0, 0.1) is 5.92 Å². The van der Waals surface area contributed by atoms with Gasteiger partial charge in [0.25, 0.3) is 0 Å². The summed E-state index contributed by atoms with van der Waals surface area (Å²) in [4.78, 5) is 27.2. The predicted molar refractivity (Wildman–Crippen MR) is 128 cm³/mol. The number of aromatic nitrogens is 1. The number of likely N-dealkylation sites (N-methyl/N-ethyl adjacent to an activating group) is 1. The molecule has 0 aromatic carbocycles. The number of amides is 1. The van der Waals surface area contributed by atoms with Crippen LogP contribution < -0.4 is 16.0 Å². The van der Waals surface area contributed by atoms with E-state index in [0.29, 0.717) is 18.9 Å². The fraction of sp³-hybridized carbons (Fsp3) is 0.650. The quantitative estimate of drug-likeness (QED) is 0.347. The Kier molecular flexibility index (Phi) is 9.41. The molecular weight excluding hydrogens is 481 g/mol. The van der Waals surface area contributed by atoms with Crippen LogP contribution in [0.25, 0.3) is 0 Å². The number of anilines is 1. The Morgan fingerprint density at radius 3 is 2.76 bits per heavy atom. The number of halogens is 1. The lowest BCUT2D eigenvalue weighted by Crippen LogP contribution is -2.47. The second-order valence-corrected chi connectivity index (χ2v) is 7.84. The predicted octanol–water partition coefficient (Wildman–Crippen LogP) is 1.11. The molecule has 0 bridgehead atoms. The molecule has 162 valence electrons. The maximum Gasteiger partial charge on any atom is 0.217 e. The summed E-state index contributed by atoms with van der Waals surface area (Å²) >= 11 is 0. The summed E-state index contributed by atoms with van der Waals surface area (Å²) in [6, 6.07) is 4.21. The number of carbonyl (C=O) groups is 1. The summed E-state index contributed by atoms with van der Waals surface area (Å²) in [5.74, 6) is 2.02. The van der Waals surface area contributed by atoms with E-state index in [0.717, 1.165) is 63.9 Å². The van der Waals surface area contributed by atoms with Crippen molar-refractivity contribution in [3.8, 4) is 0 Å². The number of pyridine rings is 1. The highest BCUT2D eigenvalue weighted by Crippen LogP contribution is 2.20. The van der Waals surface area contributed by atoms with Crippen molar-refractivity contribution >= 4 is 41.7 Å². The first-order valence-corrected chi connectivity index (χ1v) is 10.2. The van der Waals surface area contributed by atoms with Crippen LogP contribution in [-0.2, 0) is 11.3 Å². The van der Waals surface area contributed by atoms with Gasteiger partial charge < -0.3 is 25.8 Å². The number of aliphatic imine (C=N–C) groups is 1. The molecule has 1 atom stereocenters. The molecule has 29 heavy (non-hydrogen) atoms. The molecule has 3 heterocycles. The lowest BCUT2D eigenvalue weighted by atomic mass is 9.95. The summed E-state index contributed by atoms with van der Waals surface area (Å²) < 4.78 is 0. The van der Waals surface area contributed by atoms with Gasteiger partial charge in [0.15, 0.2) is 5.96 Å². The van der Waals surface area contributed by atoms with Crippen molar-refractivity contribution < 1.29 is 4.79 Å². The van der Waals surface area contributed by atoms with Gasteiger partial charge in [0.2, 0.25) is 5.91 Å². The summed E-state index contributed by atoms with van der Waals surface area (Å²) in [6.07, 6.45) is 4.44. The third-order valence-electron chi connectivity index (χ3n) is 5.61. The van der Waals surface area contributed by atoms with E-state index in [1.54, 1.807) is 0 Å². The molecule has 0 spiro atoms. The van der Waals surface area contributed by atoms with E-state index in [1.165, 1.54) is 5.56 Å². The van der Waals surface area contributed by atoms with Gasteiger partial charge in [-0.05, 0) is 43.5 Å². The van der Waals surface area contributed by atoms with Gasteiger partial charge in [-0.15, -0.1) is 24.0 Å². The molecule has 2 fully saturated rings. The number of likely N-dealkylation sites (tertiary alicyclic amines) is 1. The minimum Gasteiger partial charge on any atom is -0.370 e. The number of piperazine rings is 1. The molecule has 2 aliphatic heterocycles. The van der Waals surface area contributed by atoms with E-state index >= 15 is 0 Å². The SMILES string of the molecule is CN=C(NCc1ccnc(N2CCN(C)CC2)c1)N1CCCC(CC(N)=O)C1.I. The van der Waals surface area contributed by atoms with Crippen molar-refractivity contribution in [2.75, 3.05) is 58.3 Å². The number of nitrogens with two attached hydrogens (primary N) is 1. The summed E-state index contributed by atoms with van der Waals surface area (Å²) in [6.45, 7) is 6.64. The van der Waals surface area contributed by atoms with E-state index in [-0.39, 0.29) is 29.9 Å². The van der Waals surface area contributed by atoms with Crippen molar-refractivity contribution in [3.05, 3.63) is 23.9 Å². The zero-order chi connectivity index (χ0) is 19.9. The molecule has 0 aliphatic carbocycles. The molecule has 9 heteroatoms. The average Bonchev–Trinajstić information content (AvgIpc) is 2.69. The molecule has 1 amide bonds. The molecule has 3 N–H and O–H groups in total. The largest absolute Gasteiger partial charge is 0.370 e. The number of hydrogen-bond acceptors (Lipinski definition) is 5. The zero-order valence-electron chi connectivity index (χ0n) is 17.5. The Balaban J connectivity index is 0.00000300. The Labute approximate surface area is 190 Å². The van der Waals surface area contributed by atoms with Crippen molar-refractivity contribution in [1.29, 1.82) is 0 Å². The first kappa shape index (κ1) is 23.7. The fourth-order valence-electron chi connectivity index (χ4n) is 4.00. The second kappa shape index (κ2) is 11.5. The van der Waals surface area contributed by atoms with Crippen molar-refractivity contribution in [2.45, 2.75) is 25.8 Å². The Hall–Kier alpha value is -1.62. The van der Waals surface area contributed by atoms with Crippen LogP contribution in [0.15, 0.2) is 23.3 Å². The maximum absolute atomic E-state index is 11.2. The van der Waals surface area contributed by atoms with Crippen LogP contribution in [0.3, 0.4) is 0 Å². The van der Waals surface area contributed by atoms with Gasteiger partial charge >= 0.3 is 0 Å². The van der Waals surface area contributed by atoms with Crippen LogP contribution in [-0.4, -0.2) is 80.0 Å². The first-order chi connectivity index (χ1) is 13.5. The molecule has 0 radical (unpaired) electrons. The molecule has 8 nitrogen and oxygen atoms in total. The average molecular weight is 515 g/mol. The van der Waals surface area contributed by atoms with E-state index < -0.39 is 0 Å². The lowest BCUT2D eigenvalue weighted by molar-refractivity contribution is -0.119. The third kappa shape index (κ3) is 6.98. The van der Waals surface area contributed by atoms with E-state index in [4.69, 9.17) is 5.73 Å². The lowest BCUT2D eigenvalue weighted by Gasteiger charge is -2.35. The Bertz CT molecular complexity index is 691. The molecule has 2 saturated heterocycles. The van der Waals surface area contributed by atoms with Crippen molar-refractivity contribution in [2.24, 2.45) is 16.6 Å². The van der Waals surface area contributed by atoms with Gasteiger partial charge in [-0.3, -0.25) is 9.79 Å². The van der Waals surface area contributed by atoms with Gasteiger partial charge in [0, 0.05) is 65.5 Å². The first-order valence-electron chi connectivity index (χ1n) is 10.2. The summed E-state index contributed by atoms with van der Waals surface area (Å²) in [7, 11) is 3.97. The Morgan fingerprint density at radius 1 is 1.31 bits per heavy atom. The summed E-state index contributed by atoms with van der Waals surface area (Å²) in [5.41, 5.74) is 6.57. The van der Waals surface area contributed by atoms with Crippen molar-refractivity contribution in [3.63, 3.8) is 0 Å². The van der Waals surface area contributed by atoms with Crippen molar-refractivity contribution in [1.82, 2.24) is 20.1 Å². The highest BCUT2D eigenvalue weighted by atomic mass is 127. The molecule has 1 aromatic rings. The summed E-state index contributed by atoms with van der Waals surface area (Å²) in [5, 5.41) is 3.47. The highest BCUT2D eigenvalue weighted by Gasteiger charge is 2.23. The third-order valence-corrected chi connectivity index (χ3v) is 5.61. The second-order valence-electron chi connectivity index (χ2n) is 7.84. The van der Waals surface area contributed by atoms with Gasteiger partial charge in [-0.2, -0.15) is 0 Å². The van der Waals surface area contributed by atoms with Crippen LogP contribution >= 0.6 is 24.0 Å². The van der Waals surface area contributed by atoms with Gasteiger partial charge in [-0.25, -0.2) is 4.98 Å². The van der Waals surface area contributed by atoms with Crippen LogP contribution in [0.4, 0.5) is 5.82 Å². The monoisotopic (exact) mass is 515 g/mol. The number of rotatable bonds is 5. The topological polar surface area (TPSA) is 90.1 Å². The van der Waals surface area contributed by atoms with E-state index in [1.807, 2.05) is 19.3 Å². The molecule has 1 aromatic heterocycles. The molecule has 3 rings (SSSR count). The smallest absolute Gasteiger partial charge is 0.217 e. The van der Waals surface area contributed by atoms with Gasteiger partial charge in [0.1, 0.15) is 5.82 Å². The Morgan fingerprint density at radius 2 is 2.07 bits per heavy atom. The number of guanidine groups is 1. The van der Waals surface area contributed by atoms with E-state index in [9.17, 15) is 4.79 Å². The van der Waals surface area contributed by atoms with Crippen LogP contribution in [0.5, 0.6) is 0 Å². The van der Waals surface area contributed by atoms with Gasteiger partial charge in [0.05, 0.1) is 0 Å². The van der Waals surface area contributed by atoms with Crippen LogP contribution in [0.1, 0.15) is 24.8 Å². The van der Waals surface area contributed by atoms with Gasteiger partial charge in [-0.1, -0.05) is 0 Å². The minimum absolute atomic E-state index is 0. The number of primary amides is 1. The van der Waals surface area contributed by atoms with E-state index in [2.05, 4.69) is 43.1 Å². The number of hydrogen-bond donors (Lipinski definition) is 2. The number of piperidine rings is 1. The molecular formula is C20H34IN7O. The zero-order valence-corrected chi connectivity index (χ0v) is 19.8. The number of nitrogens with one attached hydrogen (secondary N) is 1. The fourth-order valence-corrected chi connectivity index (χ4v) is 4.00. The molecule has 0 saturated carbocycles. The maximum atomic E-state index is 11.2. The standard InChI is InChI=1S/C20H33N7O.HI/c1-22-20(27-7-3-4-17(15-27)12-18(21)28)24-14-16-5-6-23-19(13-16)26-10-8-25(2)9-11-26;/h5-6,13,17H,3-4,7-12,14-15H2,1-2H3,(H2,21,28)(H,22,24);1H. The minimum atomic E-state index is -0.219. The molecule has 1 unspecified atom stereocenters. The number of carbonyl (C=O) groups excluding carboxylic acids is 1. The highest BCUT2D eigenvalue weighted by molar-refractivity contribution is 14.0. The number of nitrogens with zero attached hydrogens (tertiary/aromatic N) is 5. The molecule has 2 aliphatic rings. The normalized spacial score (nSPS) is 20.9. The van der Waals surface area contributed by atoms with Crippen LogP contribution in [0.2, 0.25) is 0 Å².